The van der Waals surface area contributed by atoms with Gasteiger partial charge in [-0.2, -0.15) is 5.26 Å². The molecule has 0 atom stereocenters. The van der Waals surface area contributed by atoms with Crippen molar-refractivity contribution >= 4 is 45.7 Å². The molecule has 1 aliphatic rings. The number of nitrogens with one attached hydrogen (secondary N) is 1. The van der Waals surface area contributed by atoms with E-state index in [1.165, 1.54) is 10.9 Å². The Hall–Kier alpha value is -3.47. The Bertz CT molecular complexity index is 1400. The smallest absolute Gasteiger partial charge is 0.359 e. The fraction of sp³-hybridized carbons (Fsp3) is 0.308. The molecule has 1 saturated heterocycles. The number of anilines is 2. The standard InChI is InChI=1S/C26H27N5O2.ClH/c27-16-18-4-6-24-22(13-18)19(17-29-24)3-1-2-8-30-9-11-31(12-10-30)21-5-7-25-20(14-21)15-23(28)26(32)33-25;/h4-7,13-15,17,29H,1-3,8-12,28H2;1H. The fourth-order valence-electron chi connectivity index (χ4n) is 4.66. The van der Waals surface area contributed by atoms with Gasteiger partial charge in [-0.3, -0.25) is 4.90 Å². The summed E-state index contributed by atoms with van der Waals surface area (Å²) < 4.78 is 5.25. The van der Waals surface area contributed by atoms with E-state index < -0.39 is 5.63 Å². The van der Waals surface area contributed by atoms with E-state index in [9.17, 15) is 4.79 Å². The summed E-state index contributed by atoms with van der Waals surface area (Å²) in [5, 5.41) is 11.2. The SMILES string of the molecule is Cl.N#Cc1ccc2[nH]cc(CCCCN3CCN(c4ccc5oc(=O)c(N)cc5c4)CC3)c2c1. The van der Waals surface area contributed by atoms with Crippen LogP contribution in [0.4, 0.5) is 11.4 Å². The quantitative estimate of drug-likeness (QED) is 0.317. The lowest BCUT2D eigenvalue weighted by atomic mass is 10.1. The molecule has 5 rings (SSSR count). The first kappa shape index (κ1) is 23.7. The number of aromatic nitrogens is 1. The molecular formula is C26H28ClN5O2. The third-order valence-electron chi connectivity index (χ3n) is 6.55. The van der Waals surface area contributed by atoms with Crippen LogP contribution in [0.15, 0.2) is 57.9 Å². The molecule has 3 heterocycles. The minimum absolute atomic E-state index is 0. The van der Waals surface area contributed by atoms with Crippen LogP contribution in [0.1, 0.15) is 24.0 Å². The van der Waals surface area contributed by atoms with Crippen LogP contribution in [-0.2, 0) is 6.42 Å². The average Bonchev–Trinajstić information content (AvgIpc) is 3.25. The average molecular weight is 478 g/mol. The minimum atomic E-state index is -0.486. The zero-order valence-electron chi connectivity index (χ0n) is 18.9. The number of rotatable bonds is 6. The largest absolute Gasteiger partial charge is 0.421 e. The van der Waals surface area contributed by atoms with E-state index in [4.69, 9.17) is 15.4 Å². The second-order valence-electron chi connectivity index (χ2n) is 8.68. The summed E-state index contributed by atoms with van der Waals surface area (Å²) in [6, 6.07) is 15.6. The van der Waals surface area contributed by atoms with E-state index in [0.29, 0.717) is 11.1 Å². The van der Waals surface area contributed by atoms with E-state index in [2.05, 4.69) is 27.0 Å². The maximum atomic E-state index is 11.6. The normalized spacial score (nSPS) is 14.3. The van der Waals surface area contributed by atoms with Crippen LogP contribution < -0.4 is 16.3 Å². The highest BCUT2D eigenvalue weighted by Crippen LogP contribution is 2.24. The lowest BCUT2D eigenvalue weighted by Gasteiger charge is -2.36. The van der Waals surface area contributed by atoms with Crippen molar-refractivity contribution in [2.24, 2.45) is 0 Å². The molecule has 0 radical (unpaired) electrons. The Morgan fingerprint density at radius 2 is 1.88 bits per heavy atom. The molecule has 34 heavy (non-hydrogen) atoms. The third kappa shape index (κ3) is 4.89. The van der Waals surface area contributed by atoms with Crippen LogP contribution in [0, 0.1) is 11.3 Å². The first-order valence-corrected chi connectivity index (χ1v) is 11.4. The Kier molecular flexibility index (Phi) is 7.11. The Labute approximate surface area is 204 Å². The molecule has 7 nitrogen and oxygen atoms in total. The molecule has 4 aromatic rings. The van der Waals surface area contributed by atoms with E-state index in [0.717, 1.165) is 68.6 Å². The van der Waals surface area contributed by atoms with Gasteiger partial charge in [0.1, 0.15) is 11.3 Å². The topological polar surface area (TPSA) is 102 Å². The second-order valence-corrected chi connectivity index (χ2v) is 8.68. The number of nitriles is 1. The van der Waals surface area contributed by atoms with Crippen molar-refractivity contribution in [3.63, 3.8) is 0 Å². The summed E-state index contributed by atoms with van der Waals surface area (Å²) in [6.45, 7) is 5.10. The second kappa shape index (κ2) is 10.2. The molecule has 1 fully saturated rings. The van der Waals surface area contributed by atoms with Crippen LogP contribution in [-0.4, -0.2) is 42.6 Å². The van der Waals surface area contributed by atoms with E-state index in [1.807, 2.05) is 36.4 Å². The minimum Gasteiger partial charge on any atom is -0.421 e. The molecule has 0 saturated carbocycles. The Morgan fingerprint density at radius 1 is 1.06 bits per heavy atom. The molecule has 0 amide bonds. The summed E-state index contributed by atoms with van der Waals surface area (Å²) in [7, 11) is 0. The number of aromatic amines is 1. The molecule has 0 aliphatic carbocycles. The highest BCUT2D eigenvalue weighted by molar-refractivity contribution is 5.85. The summed E-state index contributed by atoms with van der Waals surface area (Å²) >= 11 is 0. The van der Waals surface area contributed by atoms with Crippen LogP contribution in [0.2, 0.25) is 0 Å². The molecule has 8 heteroatoms. The molecule has 1 aliphatic heterocycles. The molecular weight excluding hydrogens is 450 g/mol. The molecule has 2 aromatic heterocycles. The van der Waals surface area contributed by atoms with Gasteiger partial charge in [0.25, 0.3) is 0 Å². The van der Waals surface area contributed by atoms with Gasteiger partial charge in [0.15, 0.2) is 0 Å². The number of nitrogens with two attached hydrogens (primary N) is 1. The van der Waals surface area contributed by atoms with Crippen LogP contribution in [0.5, 0.6) is 0 Å². The Balaban J connectivity index is 0.00000274. The number of unbranched alkanes of at least 4 members (excludes halogenated alkanes) is 1. The number of fused-ring (bicyclic) bond motifs is 2. The van der Waals surface area contributed by atoms with Crippen molar-refractivity contribution in [1.82, 2.24) is 9.88 Å². The molecule has 0 unspecified atom stereocenters. The van der Waals surface area contributed by atoms with Crippen LogP contribution in [0.3, 0.4) is 0 Å². The molecule has 176 valence electrons. The van der Waals surface area contributed by atoms with Crippen molar-refractivity contribution in [3.05, 3.63) is 70.2 Å². The maximum Gasteiger partial charge on any atom is 0.359 e. The van der Waals surface area contributed by atoms with Gasteiger partial charge in [0, 0.05) is 54.4 Å². The third-order valence-corrected chi connectivity index (χ3v) is 6.55. The van der Waals surface area contributed by atoms with Crippen molar-refractivity contribution in [2.75, 3.05) is 43.4 Å². The van der Waals surface area contributed by atoms with Gasteiger partial charge < -0.3 is 20.0 Å². The highest BCUT2D eigenvalue weighted by Gasteiger charge is 2.17. The van der Waals surface area contributed by atoms with Gasteiger partial charge in [-0.05, 0) is 73.8 Å². The van der Waals surface area contributed by atoms with Crippen molar-refractivity contribution in [3.8, 4) is 6.07 Å². The number of hydrogen-bond acceptors (Lipinski definition) is 6. The molecule has 2 aromatic carbocycles. The number of nitrogen functional groups attached to an aromatic ring is 1. The first-order chi connectivity index (χ1) is 16.1. The first-order valence-electron chi connectivity index (χ1n) is 11.4. The monoisotopic (exact) mass is 477 g/mol. The van der Waals surface area contributed by atoms with Crippen molar-refractivity contribution in [1.29, 1.82) is 5.26 Å². The van der Waals surface area contributed by atoms with E-state index in [1.54, 1.807) is 6.07 Å². The molecule has 0 spiro atoms. The van der Waals surface area contributed by atoms with Gasteiger partial charge in [0.2, 0.25) is 0 Å². The number of aryl methyl sites for hydroxylation is 1. The summed E-state index contributed by atoms with van der Waals surface area (Å²) in [5.41, 5.74) is 10.2. The predicted molar refractivity (Wildman–Crippen MR) is 139 cm³/mol. The zero-order valence-corrected chi connectivity index (χ0v) is 19.7. The maximum absolute atomic E-state index is 11.6. The number of nitrogens with zero attached hydrogens (tertiary/aromatic N) is 3. The predicted octanol–water partition coefficient (Wildman–Crippen LogP) is 4.29. The van der Waals surface area contributed by atoms with Crippen LogP contribution in [0.25, 0.3) is 21.9 Å². The lowest BCUT2D eigenvalue weighted by molar-refractivity contribution is 0.253. The highest BCUT2D eigenvalue weighted by atomic mass is 35.5. The Morgan fingerprint density at radius 3 is 2.68 bits per heavy atom. The zero-order chi connectivity index (χ0) is 22.8. The van der Waals surface area contributed by atoms with E-state index >= 15 is 0 Å². The summed E-state index contributed by atoms with van der Waals surface area (Å²) in [6.07, 6.45) is 5.37. The fourth-order valence-corrected chi connectivity index (χ4v) is 4.66. The van der Waals surface area contributed by atoms with Gasteiger partial charge in [-0.15, -0.1) is 12.4 Å². The van der Waals surface area contributed by atoms with Gasteiger partial charge >= 0.3 is 5.63 Å². The molecule has 3 N–H and O–H groups in total. The van der Waals surface area contributed by atoms with Gasteiger partial charge in [-0.1, -0.05) is 0 Å². The van der Waals surface area contributed by atoms with Crippen molar-refractivity contribution in [2.45, 2.75) is 19.3 Å². The van der Waals surface area contributed by atoms with Gasteiger partial charge in [0.05, 0.1) is 11.6 Å². The molecule has 0 bridgehead atoms. The number of hydrogen-bond donors (Lipinski definition) is 2. The number of halogens is 1. The van der Waals surface area contributed by atoms with E-state index in [-0.39, 0.29) is 18.1 Å². The number of piperazine rings is 1. The van der Waals surface area contributed by atoms with Crippen LogP contribution >= 0.6 is 12.4 Å². The lowest BCUT2D eigenvalue weighted by Crippen LogP contribution is -2.46. The van der Waals surface area contributed by atoms with Crippen molar-refractivity contribution < 1.29 is 4.42 Å². The number of benzene rings is 2. The van der Waals surface area contributed by atoms with Gasteiger partial charge in [-0.25, -0.2) is 4.79 Å². The summed E-state index contributed by atoms with van der Waals surface area (Å²) in [4.78, 5) is 19.8. The summed E-state index contributed by atoms with van der Waals surface area (Å²) in [5.74, 6) is 0. The number of H-pyrrole nitrogens is 1.